The first-order chi connectivity index (χ1) is 28.3. The molecule has 0 spiro atoms. The van der Waals surface area contributed by atoms with Crippen molar-refractivity contribution >= 4 is 30.4 Å². The van der Waals surface area contributed by atoms with Crippen LogP contribution in [0.2, 0.25) is 0 Å². The summed E-state index contributed by atoms with van der Waals surface area (Å²) in [6.07, 6.45) is 19.3. The van der Waals surface area contributed by atoms with Crippen LogP contribution in [0.4, 0.5) is 0 Å². The number of unbranched alkanes of at least 4 members (excludes halogenated alkanes) is 13. The number of hydrogen-bond donors (Lipinski definition) is 5. The molecule has 0 radical (unpaired) electrons. The Labute approximate surface area is 358 Å². The van der Waals surface area contributed by atoms with Gasteiger partial charge in [-0.05, 0) is 38.5 Å². The molecule has 2 heterocycles. The lowest BCUT2D eigenvalue weighted by Gasteiger charge is -2.33. The van der Waals surface area contributed by atoms with Gasteiger partial charge in [-0.3, -0.25) is 9.35 Å². The van der Waals surface area contributed by atoms with E-state index in [-0.39, 0.29) is 32.0 Å². The van der Waals surface area contributed by atoms with E-state index < -0.39 is 67.7 Å². The lowest BCUT2D eigenvalue weighted by Crippen LogP contribution is -2.41. The molecule has 20 heteroatoms. The van der Waals surface area contributed by atoms with Crippen LogP contribution in [-0.4, -0.2) is 148 Å². The number of aliphatic hydroxyl groups is 2. The maximum absolute atomic E-state index is 12.4. The molecular weight excluding hydrogens is 827 g/mol. The van der Waals surface area contributed by atoms with E-state index >= 15 is 0 Å². The van der Waals surface area contributed by atoms with Crippen LogP contribution >= 0.6 is 8.17 Å². The summed E-state index contributed by atoms with van der Waals surface area (Å²) in [5.41, 5.74) is 0. The maximum atomic E-state index is 12.4. The number of ether oxygens (including phenoxy) is 5. The van der Waals surface area contributed by atoms with Gasteiger partial charge in [0.05, 0.1) is 52.6 Å². The van der Waals surface area contributed by atoms with Crippen molar-refractivity contribution in [3.05, 3.63) is 12.2 Å². The van der Waals surface area contributed by atoms with Gasteiger partial charge in [0.2, 0.25) is 0 Å². The molecule has 0 aromatic carbocycles. The van der Waals surface area contributed by atoms with E-state index in [1.807, 2.05) is 25.9 Å². The Hall–Kier alpha value is -1.42. The third-order valence-electron chi connectivity index (χ3n) is 10.3. The number of carbonyl (C=O) groups is 2. The second-order valence-corrected chi connectivity index (χ2v) is 19.6. The first kappa shape index (κ1) is 54.7. The third kappa shape index (κ3) is 26.3. The minimum Gasteiger partial charge on any atom is -0.606 e. The Morgan fingerprint density at radius 2 is 1.55 bits per heavy atom. The number of nitrogens with zero attached hydrogens (tertiary/aromatic N) is 1. The number of carbonyl (C=O) groups excluding carboxylic acids is 2. The van der Waals surface area contributed by atoms with Gasteiger partial charge in [0, 0.05) is 32.4 Å². The molecule has 2 unspecified atom stereocenters. The average molecular weight is 904 g/mol. The van der Waals surface area contributed by atoms with Crippen LogP contribution in [0.25, 0.3) is 0 Å². The van der Waals surface area contributed by atoms with E-state index in [1.54, 1.807) is 6.08 Å². The zero-order valence-electron chi connectivity index (χ0n) is 36.4. The summed E-state index contributed by atoms with van der Waals surface area (Å²) in [6, 6.07) is -0.855. The van der Waals surface area contributed by atoms with E-state index in [0.717, 1.165) is 70.6 Å². The third-order valence-corrected chi connectivity index (χ3v) is 11.9. The number of phosphoric acid groups is 1. The highest BCUT2D eigenvalue weighted by atomic mass is 32.2. The fourth-order valence-corrected chi connectivity index (χ4v) is 8.33. The number of quaternary nitrogens is 1. The Morgan fingerprint density at radius 1 is 0.917 bits per heavy atom. The molecule has 0 amide bonds. The van der Waals surface area contributed by atoms with Crippen LogP contribution in [0.5, 0.6) is 0 Å². The number of phosphoric ester groups is 1. The van der Waals surface area contributed by atoms with Crippen LogP contribution in [0.1, 0.15) is 129 Å². The van der Waals surface area contributed by atoms with Crippen molar-refractivity contribution in [1.82, 2.24) is 4.72 Å². The number of esters is 2. The van der Waals surface area contributed by atoms with Crippen LogP contribution in [0.3, 0.4) is 0 Å². The van der Waals surface area contributed by atoms with Gasteiger partial charge in [-0.1, -0.05) is 76.7 Å². The van der Waals surface area contributed by atoms with E-state index in [9.17, 15) is 32.9 Å². The van der Waals surface area contributed by atoms with Gasteiger partial charge in [-0.2, -0.15) is 27.1 Å². The van der Waals surface area contributed by atoms with Crippen LogP contribution in [0.15, 0.2) is 12.2 Å². The van der Waals surface area contributed by atoms with Crippen molar-refractivity contribution < 1.29 is 79.8 Å². The summed E-state index contributed by atoms with van der Waals surface area (Å²) in [4.78, 5) is 46.0. The first-order valence-electron chi connectivity index (χ1n) is 21.7. The number of rotatable bonds is 36. The summed E-state index contributed by atoms with van der Waals surface area (Å²) >= 11 is 0. The fraction of sp³-hybridized carbons (Fsp3) is 0.900. The van der Waals surface area contributed by atoms with E-state index in [4.69, 9.17) is 42.4 Å². The van der Waals surface area contributed by atoms with Gasteiger partial charge in [0.25, 0.3) is 0 Å². The fourth-order valence-electron chi connectivity index (χ4n) is 7.03. The number of nitrogens with one attached hydrogen (secondary N) is 1. The van der Waals surface area contributed by atoms with Gasteiger partial charge in [0.15, 0.2) is 11.9 Å². The molecule has 7 atom stereocenters. The highest BCUT2D eigenvalue weighted by Gasteiger charge is 2.52. The summed E-state index contributed by atoms with van der Waals surface area (Å²) < 4.78 is 71.3. The van der Waals surface area contributed by atoms with Gasteiger partial charge in [-0.15, -0.1) is 0 Å². The Morgan fingerprint density at radius 3 is 2.17 bits per heavy atom. The lowest BCUT2D eigenvalue weighted by molar-refractivity contribution is -0.870. The Bertz CT molecular complexity index is 1340. The molecule has 0 aromatic rings. The topological polar surface area (TPSA) is 249 Å². The predicted molar refractivity (Wildman–Crippen MR) is 222 cm³/mol. The van der Waals surface area contributed by atoms with Crippen LogP contribution < -0.4 is 9.62 Å². The summed E-state index contributed by atoms with van der Waals surface area (Å²) in [5.74, 6) is -1.90. The Kier molecular flexibility index (Phi) is 26.5. The molecule has 352 valence electrons. The van der Waals surface area contributed by atoms with Crippen molar-refractivity contribution in [1.29, 1.82) is 0 Å². The van der Waals surface area contributed by atoms with Crippen molar-refractivity contribution in [3.63, 3.8) is 0 Å². The van der Waals surface area contributed by atoms with Crippen LogP contribution in [0, 0.1) is 0 Å². The number of fused-ring (bicyclic) bond motifs is 2. The summed E-state index contributed by atoms with van der Waals surface area (Å²) in [6.45, 7) is 0.840. The number of aliphatic hydroxyl groups excluding tert-OH is 2. The minimum atomic E-state index is -4.41. The highest BCUT2D eigenvalue weighted by Crippen LogP contribution is 2.47. The van der Waals surface area contributed by atoms with Gasteiger partial charge >= 0.3 is 30.4 Å². The van der Waals surface area contributed by atoms with E-state index in [1.165, 1.54) is 45.1 Å². The average Bonchev–Trinajstić information content (AvgIpc) is 3.46. The number of hydrogen-bond acceptors (Lipinski definition) is 15. The molecular formula is C40H76N2O16PS+. The van der Waals surface area contributed by atoms with Gasteiger partial charge in [0.1, 0.15) is 32.5 Å². The Balaban J connectivity index is 1.55. The zero-order chi connectivity index (χ0) is 44.5. The molecule has 18 nitrogen and oxygen atoms in total. The lowest BCUT2D eigenvalue weighted by atomic mass is 9.94. The zero-order valence-corrected chi connectivity index (χ0v) is 38.1. The van der Waals surface area contributed by atoms with E-state index in [0.29, 0.717) is 36.9 Å². The van der Waals surface area contributed by atoms with Crippen molar-refractivity contribution in [3.8, 4) is 0 Å². The molecule has 60 heavy (non-hydrogen) atoms. The highest BCUT2D eigenvalue weighted by molar-refractivity contribution is 7.83. The SMILES string of the molecule is CC(=O)OC[C@H](CO[P+]([O-])(O)OCC[N+](C)(C)C)OC(=O)/C=C/CCCCC[C@H]1O[C@]2(CCCCCCCCCCCCCOCC(CO)NS(=O)(=O)O)CC[C@@H](O)[C@H]1O2. The molecule has 2 rings (SSSR count). The van der Waals surface area contributed by atoms with Crippen molar-refractivity contribution in [2.75, 3.05) is 67.3 Å². The van der Waals surface area contributed by atoms with E-state index in [2.05, 4.69) is 0 Å². The molecule has 0 aliphatic carbocycles. The molecule has 2 fully saturated rings. The van der Waals surface area contributed by atoms with Gasteiger partial charge < -0.3 is 43.3 Å². The monoisotopic (exact) mass is 903 g/mol. The predicted octanol–water partition coefficient (Wildman–Crippen LogP) is 3.82. The molecule has 5 N–H and O–H groups in total. The number of likely N-dealkylation sites (N-methyl/N-ethyl adjacent to an activating group) is 1. The molecule has 2 aliphatic rings. The second kappa shape index (κ2) is 29.1. The normalized spacial score (nSPS) is 22.8. The summed E-state index contributed by atoms with van der Waals surface area (Å²) in [5, 5.41) is 19.8. The number of allylic oxidation sites excluding steroid dienone is 1. The largest absolute Gasteiger partial charge is 0.606 e. The molecule has 2 aliphatic heterocycles. The first-order valence-corrected chi connectivity index (χ1v) is 24.7. The molecule has 0 saturated carbocycles. The van der Waals surface area contributed by atoms with Crippen LogP contribution in [-0.2, 0) is 52.6 Å². The van der Waals surface area contributed by atoms with Crippen molar-refractivity contribution in [2.24, 2.45) is 0 Å². The standard InChI is InChI=1S/C40H75N2O16PS/c1-33(44)53-31-35(32-55-59(47,48)54-28-26-42(2,3)4)56-38(46)22-18-14-12-13-17-21-37-39-36(45)23-25-40(57-37,58-39)24-19-15-10-8-6-5-7-9-11-16-20-27-52-30-34(29-43)41-60(49,50)51/h18,22,34-37,39,41,43,45H,5-17,19-21,23-32H2,1-4H3,(H-,47,48,49,50,51)/p+1/b22-18+/t34?,35-,36-,37-,39-,40+/m1/s1. The summed E-state index contributed by atoms with van der Waals surface area (Å²) in [7, 11) is -3.06. The van der Waals surface area contributed by atoms with Gasteiger partial charge in [-0.25, -0.2) is 4.79 Å². The quantitative estimate of drug-likeness (QED) is 0.0150. The minimum absolute atomic E-state index is 0.00852. The molecule has 2 bridgehead atoms. The smallest absolute Gasteiger partial charge is 0.377 e. The maximum Gasteiger partial charge on any atom is 0.377 e. The second-order valence-electron chi connectivity index (χ2n) is 17.0. The molecule has 0 aromatic heterocycles. The van der Waals surface area contributed by atoms with Crippen molar-refractivity contribution in [2.45, 2.75) is 165 Å². The molecule has 2 saturated heterocycles.